The molecule has 1 aromatic carbocycles. The lowest BCUT2D eigenvalue weighted by molar-refractivity contribution is 0.560. The molecule has 0 spiro atoms. The van der Waals surface area contributed by atoms with Gasteiger partial charge in [-0.1, -0.05) is 31.2 Å². The van der Waals surface area contributed by atoms with Crippen LogP contribution in [-0.4, -0.2) is 18.1 Å². The summed E-state index contributed by atoms with van der Waals surface area (Å²) in [6.07, 6.45) is 3.99. The summed E-state index contributed by atoms with van der Waals surface area (Å²) in [5.74, 6) is 1.68. The zero-order valence-electron chi connectivity index (χ0n) is 11.9. The maximum atomic E-state index is 5.58. The summed E-state index contributed by atoms with van der Waals surface area (Å²) in [4.78, 5) is 6.95. The normalized spacial score (nSPS) is 17.9. The molecule has 0 bridgehead atoms. The van der Waals surface area contributed by atoms with Gasteiger partial charge in [0.1, 0.15) is 5.82 Å². The molecule has 3 rings (SSSR count). The number of hydrogen-bond donors (Lipinski definition) is 1. The van der Waals surface area contributed by atoms with Crippen LogP contribution in [0.5, 0.6) is 0 Å². The number of benzene rings is 1. The Hall–Kier alpha value is -1.87. The van der Waals surface area contributed by atoms with Crippen molar-refractivity contribution in [2.24, 2.45) is 11.7 Å². The Kier molecular flexibility index (Phi) is 3.70. The van der Waals surface area contributed by atoms with E-state index >= 15 is 0 Å². The molecule has 3 heteroatoms. The second-order valence-electron chi connectivity index (χ2n) is 5.61. The first-order valence-corrected chi connectivity index (χ1v) is 7.28. The Morgan fingerprint density at radius 2 is 2.10 bits per heavy atom. The van der Waals surface area contributed by atoms with E-state index in [-0.39, 0.29) is 0 Å². The quantitative estimate of drug-likeness (QED) is 0.929. The average molecular weight is 267 g/mol. The zero-order valence-corrected chi connectivity index (χ0v) is 11.9. The first-order chi connectivity index (χ1) is 9.78. The molecule has 1 aliphatic rings. The summed E-state index contributed by atoms with van der Waals surface area (Å²) in [6.45, 7) is 4.00. The lowest BCUT2D eigenvalue weighted by atomic mass is 9.94. The van der Waals surface area contributed by atoms with Crippen LogP contribution >= 0.6 is 0 Å². The van der Waals surface area contributed by atoms with Crippen molar-refractivity contribution in [2.45, 2.75) is 19.8 Å². The fourth-order valence-corrected chi connectivity index (χ4v) is 2.90. The minimum absolute atomic E-state index is 0.649. The van der Waals surface area contributed by atoms with E-state index in [0.29, 0.717) is 12.5 Å². The van der Waals surface area contributed by atoms with Crippen molar-refractivity contribution in [1.82, 2.24) is 4.98 Å². The monoisotopic (exact) mass is 267 g/mol. The number of para-hydroxylation sites is 1. The number of pyridine rings is 1. The molecule has 1 aromatic heterocycles. The van der Waals surface area contributed by atoms with Crippen LogP contribution in [0.3, 0.4) is 0 Å². The van der Waals surface area contributed by atoms with E-state index in [9.17, 15) is 0 Å². The van der Waals surface area contributed by atoms with E-state index in [1.165, 1.54) is 16.8 Å². The fourth-order valence-electron chi connectivity index (χ4n) is 2.90. The molecule has 0 saturated carbocycles. The van der Waals surface area contributed by atoms with Crippen molar-refractivity contribution in [3.8, 4) is 0 Å². The lowest BCUT2D eigenvalue weighted by Gasteiger charge is -2.34. The Labute approximate surface area is 120 Å². The van der Waals surface area contributed by atoms with Crippen LogP contribution in [0.1, 0.15) is 18.1 Å². The van der Waals surface area contributed by atoms with Gasteiger partial charge >= 0.3 is 0 Å². The van der Waals surface area contributed by atoms with Crippen molar-refractivity contribution >= 4 is 11.5 Å². The molecular formula is C17H21N3. The molecule has 0 saturated heterocycles. The third kappa shape index (κ3) is 2.54. The number of anilines is 2. The predicted octanol–water partition coefficient (Wildman–Crippen LogP) is 2.91. The van der Waals surface area contributed by atoms with E-state index in [1.54, 1.807) is 0 Å². The third-order valence-electron chi connectivity index (χ3n) is 3.86. The number of fused-ring (bicyclic) bond motifs is 1. The van der Waals surface area contributed by atoms with Crippen LogP contribution in [0.4, 0.5) is 11.5 Å². The van der Waals surface area contributed by atoms with Crippen LogP contribution in [0, 0.1) is 5.92 Å². The molecule has 1 unspecified atom stereocenters. The van der Waals surface area contributed by atoms with E-state index in [1.807, 2.05) is 6.20 Å². The van der Waals surface area contributed by atoms with Gasteiger partial charge in [0.15, 0.2) is 0 Å². The minimum Gasteiger partial charge on any atom is -0.330 e. The van der Waals surface area contributed by atoms with Crippen LogP contribution in [0.25, 0.3) is 0 Å². The molecule has 2 aromatic rings. The van der Waals surface area contributed by atoms with E-state index in [4.69, 9.17) is 5.73 Å². The maximum absolute atomic E-state index is 5.58. The molecule has 0 fully saturated rings. The van der Waals surface area contributed by atoms with E-state index < -0.39 is 0 Å². The number of rotatable bonds is 3. The topological polar surface area (TPSA) is 42.1 Å². The highest BCUT2D eigenvalue weighted by Crippen LogP contribution is 2.34. The van der Waals surface area contributed by atoms with Gasteiger partial charge in [0.05, 0.1) is 0 Å². The summed E-state index contributed by atoms with van der Waals surface area (Å²) >= 11 is 0. The number of nitrogens with zero attached hydrogens (tertiary/aromatic N) is 2. The summed E-state index contributed by atoms with van der Waals surface area (Å²) < 4.78 is 0. The Morgan fingerprint density at radius 1 is 1.25 bits per heavy atom. The van der Waals surface area contributed by atoms with Gasteiger partial charge in [-0.2, -0.15) is 0 Å². The van der Waals surface area contributed by atoms with Crippen molar-refractivity contribution in [2.75, 3.05) is 18.0 Å². The van der Waals surface area contributed by atoms with Gasteiger partial charge < -0.3 is 10.6 Å². The number of aromatic nitrogens is 1. The van der Waals surface area contributed by atoms with Gasteiger partial charge in [-0.15, -0.1) is 0 Å². The molecule has 2 heterocycles. The molecule has 0 radical (unpaired) electrons. The molecule has 104 valence electrons. The average Bonchev–Trinajstić information content (AvgIpc) is 2.47. The molecule has 3 nitrogen and oxygen atoms in total. The maximum Gasteiger partial charge on any atom is 0.132 e. The number of hydrogen-bond acceptors (Lipinski definition) is 3. The van der Waals surface area contributed by atoms with Gasteiger partial charge in [0.25, 0.3) is 0 Å². The van der Waals surface area contributed by atoms with Crippen molar-refractivity contribution in [3.63, 3.8) is 0 Å². The molecule has 1 aliphatic heterocycles. The lowest BCUT2D eigenvalue weighted by Crippen LogP contribution is -2.30. The van der Waals surface area contributed by atoms with Crippen LogP contribution in [-0.2, 0) is 12.8 Å². The van der Waals surface area contributed by atoms with Gasteiger partial charge in [0.2, 0.25) is 0 Å². The molecule has 1 atom stereocenters. The second-order valence-corrected chi connectivity index (χ2v) is 5.61. The highest BCUT2D eigenvalue weighted by molar-refractivity contribution is 5.65. The van der Waals surface area contributed by atoms with Crippen LogP contribution in [0.15, 0.2) is 42.6 Å². The zero-order chi connectivity index (χ0) is 13.9. The predicted molar refractivity (Wildman–Crippen MR) is 83.3 cm³/mol. The third-order valence-corrected chi connectivity index (χ3v) is 3.86. The van der Waals surface area contributed by atoms with Crippen LogP contribution < -0.4 is 10.6 Å². The molecular weight excluding hydrogens is 246 g/mol. The van der Waals surface area contributed by atoms with Gasteiger partial charge in [-0.3, -0.25) is 0 Å². The smallest absolute Gasteiger partial charge is 0.132 e. The largest absolute Gasteiger partial charge is 0.330 e. The van der Waals surface area contributed by atoms with Crippen molar-refractivity contribution in [1.29, 1.82) is 0 Å². The summed E-state index contributed by atoms with van der Waals surface area (Å²) in [7, 11) is 0. The SMILES string of the molecule is CC1Cc2ccccc2N(c2ccc(CCN)cn2)C1. The first-order valence-electron chi connectivity index (χ1n) is 7.28. The first kappa shape index (κ1) is 13.1. The summed E-state index contributed by atoms with van der Waals surface area (Å²) in [6, 6.07) is 12.9. The highest BCUT2D eigenvalue weighted by Gasteiger charge is 2.22. The second kappa shape index (κ2) is 5.63. The summed E-state index contributed by atoms with van der Waals surface area (Å²) in [5, 5.41) is 0. The fraction of sp³-hybridized carbons (Fsp3) is 0.353. The van der Waals surface area contributed by atoms with Crippen molar-refractivity contribution < 1.29 is 0 Å². The number of nitrogens with two attached hydrogens (primary N) is 1. The standard InChI is InChI=1S/C17H21N3/c1-13-10-15-4-2-3-5-16(15)20(12-13)17-7-6-14(8-9-18)11-19-17/h2-7,11,13H,8-10,12,18H2,1H3. The van der Waals surface area contributed by atoms with Gasteiger partial charge in [0, 0.05) is 18.4 Å². The molecule has 0 amide bonds. The van der Waals surface area contributed by atoms with E-state index in [2.05, 4.69) is 53.2 Å². The van der Waals surface area contributed by atoms with Gasteiger partial charge in [-0.25, -0.2) is 4.98 Å². The minimum atomic E-state index is 0.649. The van der Waals surface area contributed by atoms with Crippen LogP contribution in [0.2, 0.25) is 0 Å². The summed E-state index contributed by atoms with van der Waals surface area (Å²) in [5.41, 5.74) is 9.50. The Morgan fingerprint density at radius 3 is 2.85 bits per heavy atom. The molecule has 0 aliphatic carbocycles. The van der Waals surface area contributed by atoms with Gasteiger partial charge in [-0.05, 0) is 48.6 Å². The highest BCUT2D eigenvalue weighted by atomic mass is 15.2. The molecule has 2 N–H and O–H groups in total. The van der Waals surface area contributed by atoms with E-state index in [0.717, 1.165) is 25.2 Å². The van der Waals surface area contributed by atoms with Crippen molar-refractivity contribution in [3.05, 3.63) is 53.7 Å². The molecule has 20 heavy (non-hydrogen) atoms. The Balaban J connectivity index is 1.93. The Bertz CT molecular complexity index is 577.